The summed E-state index contributed by atoms with van der Waals surface area (Å²) in [7, 11) is 3.24. The van der Waals surface area contributed by atoms with Crippen molar-refractivity contribution in [2.45, 2.75) is 45.8 Å². The first-order chi connectivity index (χ1) is 15.9. The van der Waals surface area contributed by atoms with Gasteiger partial charge in [-0.1, -0.05) is 0 Å². The smallest absolute Gasteiger partial charge is 0.265 e. The fourth-order valence-electron chi connectivity index (χ4n) is 4.95. The number of thiazole rings is 1. The van der Waals surface area contributed by atoms with E-state index in [1.165, 1.54) is 11.3 Å². The average Bonchev–Trinajstić information content (AvgIpc) is 3.19. The number of hydrogen-bond donors (Lipinski definition) is 0. The highest BCUT2D eigenvalue weighted by Gasteiger charge is 2.29. The van der Waals surface area contributed by atoms with Crippen LogP contribution in [0.3, 0.4) is 0 Å². The van der Waals surface area contributed by atoms with Crippen LogP contribution < -0.4 is 9.47 Å². The molecule has 2 unspecified atom stereocenters. The van der Waals surface area contributed by atoms with Gasteiger partial charge in [-0.15, -0.1) is 11.3 Å². The summed E-state index contributed by atoms with van der Waals surface area (Å²) in [6, 6.07) is 5.73. The van der Waals surface area contributed by atoms with Crippen LogP contribution in [0.25, 0.3) is 10.6 Å². The van der Waals surface area contributed by atoms with E-state index in [0.717, 1.165) is 66.7 Å². The van der Waals surface area contributed by atoms with E-state index in [4.69, 9.17) is 19.2 Å². The second-order valence-corrected chi connectivity index (χ2v) is 10.2. The molecular formula is C25H35N3O4S. The molecule has 0 spiro atoms. The summed E-state index contributed by atoms with van der Waals surface area (Å²) in [5, 5.41) is 0.822. The molecule has 2 saturated heterocycles. The number of rotatable bonds is 6. The first-order valence-corrected chi connectivity index (χ1v) is 12.6. The van der Waals surface area contributed by atoms with Crippen molar-refractivity contribution in [1.29, 1.82) is 0 Å². The molecule has 0 N–H and O–H groups in total. The van der Waals surface area contributed by atoms with Gasteiger partial charge in [-0.2, -0.15) is 0 Å². The number of aromatic nitrogens is 1. The van der Waals surface area contributed by atoms with Crippen LogP contribution in [0, 0.1) is 12.8 Å². The summed E-state index contributed by atoms with van der Waals surface area (Å²) in [5.74, 6) is 2.07. The van der Waals surface area contributed by atoms with E-state index in [1.807, 2.05) is 30.0 Å². The number of amides is 1. The molecule has 33 heavy (non-hydrogen) atoms. The number of carbonyl (C=O) groups excluding carboxylic acids is 1. The normalized spacial score (nSPS) is 22.4. The maximum Gasteiger partial charge on any atom is 0.265 e. The molecule has 7 nitrogen and oxygen atoms in total. The molecule has 2 aliphatic rings. The van der Waals surface area contributed by atoms with Crippen molar-refractivity contribution in [2.75, 3.05) is 46.9 Å². The van der Waals surface area contributed by atoms with Crippen molar-refractivity contribution in [3.05, 3.63) is 28.8 Å². The number of methoxy groups -OCH3 is 2. The van der Waals surface area contributed by atoms with Gasteiger partial charge in [0.1, 0.15) is 9.88 Å². The Morgan fingerprint density at radius 2 is 1.79 bits per heavy atom. The van der Waals surface area contributed by atoms with E-state index in [-0.39, 0.29) is 5.91 Å². The molecule has 1 aromatic carbocycles. The second kappa shape index (κ2) is 10.4. The van der Waals surface area contributed by atoms with Gasteiger partial charge in [0.25, 0.3) is 5.91 Å². The molecule has 1 amide bonds. The lowest BCUT2D eigenvalue weighted by atomic mass is 9.95. The average molecular weight is 474 g/mol. The topological polar surface area (TPSA) is 64.1 Å². The number of morpholine rings is 1. The highest BCUT2D eigenvalue weighted by Crippen LogP contribution is 2.35. The zero-order valence-electron chi connectivity index (χ0n) is 20.3. The number of likely N-dealkylation sites (tertiary alicyclic amines) is 1. The van der Waals surface area contributed by atoms with Gasteiger partial charge < -0.3 is 19.1 Å². The Morgan fingerprint density at radius 1 is 1.12 bits per heavy atom. The SMILES string of the molecule is COc1ccc(-c2nc(C)c(C(=O)N3CCC(CN4CC(C)OC(C)C4)CC3)s2)cc1OC. The summed E-state index contributed by atoms with van der Waals surface area (Å²) in [4.78, 5) is 23.2. The van der Waals surface area contributed by atoms with Crippen LogP contribution in [0.2, 0.25) is 0 Å². The fourth-order valence-corrected chi connectivity index (χ4v) is 5.98. The molecular weight excluding hydrogens is 438 g/mol. The van der Waals surface area contributed by atoms with Gasteiger partial charge in [0.15, 0.2) is 11.5 Å². The van der Waals surface area contributed by atoms with Crippen LogP contribution >= 0.6 is 11.3 Å². The Bertz CT molecular complexity index is 961. The third-order valence-electron chi connectivity index (χ3n) is 6.53. The lowest BCUT2D eigenvalue weighted by molar-refractivity contribution is -0.0728. The summed E-state index contributed by atoms with van der Waals surface area (Å²) >= 11 is 1.46. The van der Waals surface area contributed by atoms with Crippen molar-refractivity contribution in [3.63, 3.8) is 0 Å². The Hall–Kier alpha value is -2.16. The molecule has 2 fully saturated rings. The molecule has 180 valence electrons. The van der Waals surface area contributed by atoms with Gasteiger partial charge >= 0.3 is 0 Å². The lowest BCUT2D eigenvalue weighted by Crippen LogP contribution is -2.48. The van der Waals surface area contributed by atoms with Crippen LogP contribution in [0.15, 0.2) is 18.2 Å². The zero-order valence-corrected chi connectivity index (χ0v) is 21.1. The Labute approximate surface area is 200 Å². The van der Waals surface area contributed by atoms with Crippen LogP contribution in [0.5, 0.6) is 11.5 Å². The van der Waals surface area contributed by atoms with Crippen LogP contribution in [0.4, 0.5) is 0 Å². The van der Waals surface area contributed by atoms with Gasteiger partial charge in [-0.25, -0.2) is 4.98 Å². The molecule has 2 atom stereocenters. The first kappa shape index (κ1) is 24.0. The minimum absolute atomic E-state index is 0.101. The predicted octanol–water partition coefficient (Wildman–Crippen LogP) is 4.10. The van der Waals surface area contributed by atoms with Crippen molar-refractivity contribution < 1.29 is 19.0 Å². The first-order valence-electron chi connectivity index (χ1n) is 11.7. The van der Waals surface area contributed by atoms with E-state index in [0.29, 0.717) is 29.6 Å². The number of piperidine rings is 1. The van der Waals surface area contributed by atoms with Gasteiger partial charge in [0.2, 0.25) is 0 Å². The summed E-state index contributed by atoms with van der Waals surface area (Å²) < 4.78 is 16.6. The summed E-state index contributed by atoms with van der Waals surface area (Å²) in [6.07, 6.45) is 2.69. The maximum absolute atomic E-state index is 13.3. The Kier molecular flexibility index (Phi) is 7.56. The van der Waals surface area contributed by atoms with E-state index < -0.39 is 0 Å². The summed E-state index contributed by atoms with van der Waals surface area (Å²) in [5.41, 5.74) is 1.71. The quantitative estimate of drug-likeness (QED) is 0.630. The van der Waals surface area contributed by atoms with Crippen LogP contribution in [-0.4, -0.2) is 79.8 Å². The van der Waals surface area contributed by atoms with Crippen molar-refractivity contribution in [1.82, 2.24) is 14.8 Å². The van der Waals surface area contributed by atoms with Gasteiger partial charge in [-0.05, 0) is 57.7 Å². The number of ether oxygens (including phenoxy) is 3. The molecule has 2 aliphatic heterocycles. The monoisotopic (exact) mass is 473 g/mol. The molecule has 2 aromatic rings. The number of carbonyl (C=O) groups is 1. The molecule has 4 rings (SSSR count). The minimum Gasteiger partial charge on any atom is -0.493 e. The zero-order chi connectivity index (χ0) is 23.5. The standard InChI is InChI=1S/C25H35N3O4S/c1-16-13-27(14-17(2)32-16)15-19-8-10-28(11-9-19)25(29)23-18(3)26-24(33-23)20-6-7-21(30-4)22(12-20)31-5/h6-7,12,16-17,19H,8-11,13-15H2,1-5H3. The number of benzene rings is 1. The molecule has 8 heteroatoms. The molecule has 0 bridgehead atoms. The fraction of sp³-hybridized carbons (Fsp3) is 0.600. The lowest BCUT2D eigenvalue weighted by Gasteiger charge is -2.39. The van der Waals surface area contributed by atoms with E-state index in [2.05, 4.69) is 18.7 Å². The molecule has 0 radical (unpaired) electrons. The maximum atomic E-state index is 13.3. The molecule has 3 heterocycles. The van der Waals surface area contributed by atoms with Gasteiger partial charge in [0.05, 0.1) is 32.1 Å². The van der Waals surface area contributed by atoms with Crippen LogP contribution in [-0.2, 0) is 4.74 Å². The van der Waals surface area contributed by atoms with E-state index >= 15 is 0 Å². The van der Waals surface area contributed by atoms with Gasteiger partial charge in [0, 0.05) is 38.3 Å². The van der Waals surface area contributed by atoms with Crippen molar-refractivity contribution >= 4 is 17.2 Å². The van der Waals surface area contributed by atoms with Crippen LogP contribution in [0.1, 0.15) is 42.1 Å². The Morgan fingerprint density at radius 3 is 2.42 bits per heavy atom. The predicted molar refractivity (Wildman–Crippen MR) is 130 cm³/mol. The van der Waals surface area contributed by atoms with Crippen molar-refractivity contribution in [2.24, 2.45) is 5.92 Å². The molecule has 0 saturated carbocycles. The van der Waals surface area contributed by atoms with Gasteiger partial charge in [-0.3, -0.25) is 9.69 Å². The third kappa shape index (κ3) is 5.50. The molecule has 0 aliphatic carbocycles. The van der Waals surface area contributed by atoms with Crippen molar-refractivity contribution in [3.8, 4) is 22.1 Å². The number of hydrogen-bond acceptors (Lipinski definition) is 7. The van der Waals surface area contributed by atoms with E-state index in [9.17, 15) is 4.79 Å². The second-order valence-electron chi connectivity index (χ2n) is 9.21. The number of nitrogens with zero attached hydrogens (tertiary/aromatic N) is 3. The largest absolute Gasteiger partial charge is 0.493 e. The highest BCUT2D eigenvalue weighted by molar-refractivity contribution is 7.17. The van der Waals surface area contributed by atoms with E-state index in [1.54, 1.807) is 14.2 Å². The molecule has 1 aromatic heterocycles. The Balaban J connectivity index is 1.38. The number of aryl methyl sites for hydroxylation is 1. The third-order valence-corrected chi connectivity index (χ3v) is 7.73. The minimum atomic E-state index is 0.101. The highest BCUT2D eigenvalue weighted by atomic mass is 32.1. The summed E-state index contributed by atoms with van der Waals surface area (Å²) in [6.45, 7) is 10.9.